The van der Waals surface area contributed by atoms with E-state index in [4.69, 9.17) is 5.11 Å². The molecule has 0 saturated carbocycles. The summed E-state index contributed by atoms with van der Waals surface area (Å²) >= 11 is 0. The van der Waals surface area contributed by atoms with Gasteiger partial charge in [0.1, 0.15) is 5.82 Å². The van der Waals surface area contributed by atoms with Crippen LogP contribution in [-0.2, 0) is 10.2 Å². The van der Waals surface area contributed by atoms with Crippen molar-refractivity contribution in [2.75, 3.05) is 13.1 Å². The van der Waals surface area contributed by atoms with Crippen molar-refractivity contribution in [2.45, 2.75) is 19.3 Å². The second kappa shape index (κ2) is 6.31. The molecule has 0 fully saturated rings. The Labute approximate surface area is 106 Å². The van der Waals surface area contributed by atoms with Crippen molar-refractivity contribution in [3.63, 3.8) is 0 Å². The zero-order valence-electron chi connectivity index (χ0n) is 10.6. The lowest BCUT2D eigenvalue weighted by molar-refractivity contribution is -0.131. The number of hydrogen-bond acceptors (Lipinski definition) is 2. The first kappa shape index (κ1) is 14.4. The van der Waals surface area contributed by atoms with Crippen LogP contribution in [0.5, 0.6) is 0 Å². The van der Waals surface area contributed by atoms with Gasteiger partial charge in [-0.15, -0.1) is 0 Å². The number of aliphatic carboxylic acids is 1. The Morgan fingerprint density at radius 3 is 2.56 bits per heavy atom. The quantitative estimate of drug-likeness (QED) is 0.602. The minimum atomic E-state index is -0.949. The SMILES string of the molecule is CC(C)(CNC/C=C/C(=O)O)c1ccc(F)cc1. The van der Waals surface area contributed by atoms with E-state index in [1.165, 1.54) is 12.1 Å². The molecular formula is C14H18FNO2. The van der Waals surface area contributed by atoms with Crippen molar-refractivity contribution >= 4 is 5.97 Å². The van der Waals surface area contributed by atoms with Gasteiger partial charge >= 0.3 is 5.97 Å². The van der Waals surface area contributed by atoms with E-state index in [9.17, 15) is 9.18 Å². The van der Waals surface area contributed by atoms with E-state index in [0.717, 1.165) is 11.6 Å². The minimum absolute atomic E-state index is 0.134. The van der Waals surface area contributed by atoms with Gasteiger partial charge in [-0.25, -0.2) is 9.18 Å². The number of carboxylic acid groups (broad SMARTS) is 1. The second-order valence-corrected chi connectivity index (χ2v) is 4.76. The highest BCUT2D eigenvalue weighted by atomic mass is 19.1. The minimum Gasteiger partial charge on any atom is -0.478 e. The van der Waals surface area contributed by atoms with Crippen molar-refractivity contribution < 1.29 is 14.3 Å². The van der Waals surface area contributed by atoms with Crippen LogP contribution in [0.4, 0.5) is 4.39 Å². The molecule has 0 unspecified atom stereocenters. The first-order valence-electron chi connectivity index (χ1n) is 5.78. The van der Waals surface area contributed by atoms with Gasteiger partial charge in [-0.3, -0.25) is 0 Å². The topological polar surface area (TPSA) is 49.3 Å². The molecule has 0 saturated heterocycles. The normalized spacial score (nSPS) is 11.9. The van der Waals surface area contributed by atoms with Crippen LogP contribution in [-0.4, -0.2) is 24.2 Å². The maximum atomic E-state index is 12.8. The Bertz CT molecular complexity index is 424. The summed E-state index contributed by atoms with van der Waals surface area (Å²) in [4.78, 5) is 10.3. The molecule has 18 heavy (non-hydrogen) atoms. The van der Waals surface area contributed by atoms with Gasteiger partial charge in [0.25, 0.3) is 0 Å². The predicted molar refractivity (Wildman–Crippen MR) is 69.1 cm³/mol. The Morgan fingerprint density at radius 2 is 2.00 bits per heavy atom. The van der Waals surface area contributed by atoms with E-state index >= 15 is 0 Å². The van der Waals surface area contributed by atoms with E-state index < -0.39 is 5.97 Å². The fraction of sp³-hybridized carbons (Fsp3) is 0.357. The number of carbonyl (C=O) groups is 1. The maximum Gasteiger partial charge on any atom is 0.328 e. The van der Waals surface area contributed by atoms with Crippen molar-refractivity contribution in [1.29, 1.82) is 0 Å². The van der Waals surface area contributed by atoms with Crippen molar-refractivity contribution in [3.05, 3.63) is 47.8 Å². The van der Waals surface area contributed by atoms with Crippen LogP contribution in [0.1, 0.15) is 19.4 Å². The summed E-state index contributed by atoms with van der Waals surface area (Å²) in [6.07, 6.45) is 2.67. The number of benzene rings is 1. The Hall–Kier alpha value is -1.68. The first-order valence-corrected chi connectivity index (χ1v) is 5.78. The third kappa shape index (κ3) is 4.67. The highest BCUT2D eigenvalue weighted by Gasteiger charge is 2.19. The summed E-state index contributed by atoms with van der Waals surface area (Å²) in [6, 6.07) is 6.43. The standard InChI is InChI=1S/C14H18FNO2/c1-14(2,10-16-9-3-4-13(17)18)11-5-7-12(15)8-6-11/h3-8,16H,9-10H2,1-2H3,(H,17,18)/b4-3+. The van der Waals surface area contributed by atoms with Crippen molar-refractivity contribution in [1.82, 2.24) is 5.32 Å². The summed E-state index contributed by atoms with van der Waals surface area (Å²) in [5.74, 6) is -1.19. The smallest absolute Gasteiger partial charge is 0.328 e. The van der Waals surface area contributed by atoms with Crippen LogP contribution in [0.15, 0.2) is 36.4 Å². The predicted octanol–water partition coefficient (Wildman–Crippen LogP) is 2.33. The molecule has 0 aliphatic heterocycles. The molecule has 0 heterocycles. The van der Waals surface area contributed by atoms with Crippen LogP contribution in [0, 0.1) is 5.82 Å². The van der Waals surface area contributed by atoms with Gasteiger partial charge in [0.2, 0.25) is 0 Å². The lowest BCUT2D eigenvalue weighted by atomic mass is 9.84. The van der Waals surface area contributed by atoms with Gasteiger partial charge < -0.3 is 10.4 Å². The van der Waals surface area contributed by atoms with Crippen molar-refractivity contribution in [2.24, 2.45) is 0 Å². The van der Waals surface area contributed by atoms with E-state index in [2.05, 4.69) is 5.32 Å². The second-order valence-electron chi connectivity index (χ2n) is 4.76. The molecule has 0 radical (unpaired) electrons. The zero-order chi connectivity index (χ0) is 13.6. The number of rotatable bonds is 6. The van der Waals surface area contributed by atoms with Gasteiger partial charge in [-0.2, -0.15) is 0 Å². The van der Waals surface area contributed by atoms with E-state index in [-0.39, 0.29) is 11.2 Å². The largest absolute Gasteiger partial charge is 0.478 e. The molecule has 0 amide bonds. The molecule has 0 aromatic heterocycles. The number of nitrogens with one attached hydrogen (secondary N) is 1. The Kier molecular flexibility index (Phi) is 5.04. The van der Waals surface area contributed by atoms with Crippen LogP contribution in [0.2, 0.25) is 0 Å². The highest BCUT2D eigenvalue weighted by Crippen LogP contribution is 2.22. The molecule has 0 aliphatic carbocycles. The fourth-order valence-corrected chi connectivity index (χ4v) is 1.63. The number of carboxylic acids is 1. The number of hydrogen-bond donors (Lipinski definition) is 2. The average Bonchev–Trinajstić information content (AvgIpc) is 2.28. The van der Waals surface area contributed by atoms with E-state index in [1.807, 2.05) is 13.8 Å². The summed E-state index contributed by atoms with van der Waals surface area (Å²) in [5.41, 5.74) is 0.906. The third-order valence-electron chi connectivity index (χ3n) is 2.72. The van der Waals surface area contributed by atoms with Crippen LogP contribution in [0.3, 0.4) is 0 Å². The van der Waals surface area contributed by atoms with Gasteiger partial charge in [0.15, 0.2) is 0 Å². The summed E-state index contributed by atoms with van der Waals surface area (Å²) in [5, 5.41) is 11.6. The molecule has 0 bridgehead atoms. The first-order chi connectivity index (χ1) is 8.42. The molecular weight excluding hydrogens is 233 g/mol. The van der Waals surface area contributed by atoms with Crippen LogP contribution in [0.25, 0.3) is 0 Å². The fourth-order valence-electron chi connectivity index (χ4n) is 1.63. The molecule has 3 nitrogen and oxygen atoms in total. The molecule has 0 spiro atoms. The summed E-state index contributed by atoms with van der Waals surface area (Å²) in [7, 11) is 0. The number of halogens is 1. The maximum absolute atomic E-state index is 12.8. The van der Waals surface area contributed by atoms with Gasteiger partial charge in [-0.05, 0) is 17.7 Å². The Morgan fingerprint density at radius 1 is 1.39 bits per heavy atom. The molecule has 1 rings (SSSR count). The summed E-state index contributed by atoms with van der Waals surface area (Å²) < 4.78 is 12.8. The molecule has 0 atom stereocenters. The Balaban J connectivity index is 2.49. The third-order valence-corrected chi connectivity index (χ3v) is 2.72. The lowest BCUT2D eigenvalue weighted by Crippen LogP contribution is -2.33. The monoisotopic (exact) mass is 251 g/mol. The van der Waals surface area contributed by atoms with Crippen molar-refractivity contribution in [3.8, 4) is 0 Å². The molecule has 0 aliphatic rings. The van der Waals surface area contributed by atoms with Gasteiger partial charge in [-0.1, -0.05) is 32.1 Å². The van der Waals surface area contributed by atoms with Gasteiger partial charge in [0.05, 0.1) is 0 Å². The van der Waals surface area contributed by atoms with Crippen LogP contribution >= 0.6 is 0 Å². The zero-order valence-corrected chi connectivity index (χ0v) is 10.6. The molecule has 2 N–H and O–H groups in total. The molecule has 1 aromatic rings. The molecule has 1 aromatic carbocycles. The lowest BCUT2D eigenvalue weighted by Gasteiger charge is -2.25. The molecule has 4 heteroatoms. The average molecular weight is 251 g/mol. The van der Waals surface area contributed by atoms with Gasteiger partial charge in [0, 0.05) is 24.6 Å². The van der Waals surface area contributed by atoms with E-state index in [1.54, 1.807) is 18.2 Å². The molecule has 98 valence electrons. The van der Waals surface area contributed by atoms with Crippen LogP contribution < -0.4 is 5.32 Å². The highest BCUT2D eigenvalue weighted by molar-refractivity contribution is 5.79. The van der Waals surface area contributed by atoms with E-state index in [0.29, 0.717) is 13.1 Å². The summed E-state index contributed by atoms with van der Waals surface area (Å²) in [6.45, 7) is 5.28.